The summed E-state index contributed by atoms with van der Waals surface area (Å²) in [4.78, 5) is 26.2. The Bertz CT molecular complexity index is 702. The molecular formula is C20H34N4O6S. The van der Waals surface area contributed by atoms with Gasteiger partial charge in [-0.1, -0.05) is 6.92 Å². The summed E-state index contributed by atoms with van der Waals surface area (Å²) in [6.45, 7) is 12.6. The lowest BCUT2D eigenvalue weighted by Crippen LogP contribution is -2.45. The van der Waals surface area contributed by atoms with Crippen LogP contribution in [0.25, 0.3) is 0 Å². The number of aromatic nitrogens is 2. The number of rotatable bonds is 11. The van der Waals surface area contributed by atoms with Crippen molar-refractivity contribution in [3.05, 3.63) is 0 Å². The predicted molar refractivity (Wildman–Crippen MR) is 117 cm³/mol. The predicted octanol–water partition coefficient (Wildman–Crippen LogP) is 1.79. The summed E-state index contributed by atoms with van der Waals surface area (Å²) >= 11 is 1.07. The molecule has 0 spiro atoms. The standard InChI is InChI=1S/C20H34N4O6S/c1-6-7-16(25)29-14(2)19(26)30-15(12-21-20(3,4)5)13-28-18-17(22-31-23-18)24-8-10-27-11-9-24/h14-15,21H,6-13H2,1-5H3/t14-,15+/m1/s1. The molecule has 0 aromatic carbocycles. The summed E-state index contributed by atoms with van der Waals surface area (Å²) in [7, 11) is 0. The lowest BCUT2D eigenvalue weighted by molar-refractivity contribution is -0.171. The van der Waals surface area contributed by atoms with Crippen LogP contribution in [-0.4, -0.2) is 77.9 Å². The first-order valence-corrected chi connectivity index (χ1v) is 11.4. The van der Waals surface area contributed by atoms with Crippen molar-refractivity contribution in [1.29, 1.82) is 0 Å². The first-order valence-electron chi connectivity index (χ1n) is 10.6. The van der Waals surface area contributed by atoms with Crippen LogP contribution in [0, 0.1) is 0 Å². The molecule has 0 saturated carbocycles. The molecule has 2 heterocycles. The number of carbonyl (C=O) groups is 2. The lowest BCUT2D eigenvalue weighted by atomic mass is 10.1. The van der Waals surface area contributed by atoms with Gasteiger partial charge in [0.2, 0.25) is 5.82 Å². The van der Waals surface area contributed by atoms with Crippen LogP contribution in [0.3, 0.4) is 0 Å². The maximum absolute atomic E-state index is 12.5. The molecule has 0 radical (unpaired) electrons. The van der Waals surface area contributed by atoms with E-state index >= 15 is 0 Å². The fourth-order valence-electron chi connectivity index (χ4n) is 2.73. The van der Waals surface area contributed by atoms with Gasteiger partial charge >= 0.3 is 11.9 Å². The van der Waals surface area contributed by atoms with Gasteiger partial charge in [0.05, 0.1) is 24.9 Å². The number of carbonyl (C=O) groups excluding carboxylic acids is 2. The molecule has 10 nitrogen and oxygen atoms in total. The van der Waals surface area contributed by atoms with E-state index in [0.717, 1.165) is 11.7 Å². The summed E-state index contributed by atoms with van der Waals surface area (Å²) in [5.41, 5.74) is -0.176. The van der Waals surface area contributed by atoms with Crippen molar-refractivity contribution in [2.75, 3.05) is 44.4 Å². The topological polar surface area (TPSA) is 112 Å². The summed E-state index contributed by atoms with van der Waals surface area (Å²) in [6, 6.07) is 0. The van der Waals surface area contributed by atoms with E-state index in [1.807, 2.05) is 27.7 Å². The highest BCUT2D eigenvalue weighted by Gasteiger charge is 2.26. The second-order valence-electron chi connectivity index (χ2n) is 8.38. The third kappa shape index (κ3) is 8.96. The minimum atomic E-state index is -0.985. The summed E-state index contributed by atoms with van der Waals surface area (Å²) in [5, 5.41) is 3.31. The zero-order chi connectivity index (χ0) is 22.9. The second kappa shape index (κ2) is 12.2. The maximum atomic E-state index is 12.5. The number of hydrogen-bond acceptors (Lipinski definition) is 11. The first-order chi connectivity index (χ1) is 14.7. The first kappa shape index (κ1) is 25.3. The van der Waals surface area contributed by atoms with Crippen LogP contribution in [0.1, 0.15) is 47.5 Å². The van der Waals surface area contributed by atoms with Crippen molar-refractivity contribution in [3.8, 4) is 5.88 Å². The van der Waals surface area contributed by atoms with Crippen LogP contribution >= 0.6 is 11.7 Å². The normalized spacial score (nSPS) is 16.5. The number of anilines is 1. The Morgan fingerprint density at radius 1 is 1.23 bits per heavy atom. The molecule has 1 fully saturated rings. The smallest absolute Gasteiger partial charge is 0.347 e. The van der Waals surface area contributed by atoms with Gasteiger partial charge in [-0.25, -0.2) is 4.79 Å². The molecular weight excluding hydrogens is 424 g/mol. The van der Waals surface area contributed by atoms with Gasteiger partial charge in [-0.15, -0.1) is 4.37 Å². The number of ether oxygens (including phenoxy) is 4. The van der Waals surface area contributed by atoms with Gasteiger partial charge in [0.25, 0.3) is 5.88 Å². The summed E-state index contributed by atoms with van der Waals surface area (Å²) in [6.07, 6.45) is -0.671. The highest BCUT2D eigenvalue weighted by atomic mass is 32.1. The van der Waals surface area contributed by atoms with Gasteiger partial charge in [-0.05, 0) is 34.1 Å². The highest BCUT2D eigenvalue weighted by molar-refractivity contribution is 6.99. The van der Waals surface area contributed by atoms with Gasteiger partial charge in [0.15, 0.2) is 6.10 Å². The third-order valence-corrected chi connectivity index (χ3v) is 4.90. The summed E-state index contributed by atoms with van der Waals surface area (Å²) in [5.74, 6) is 0.0463. The number of hydrogen-bond donors (Lipinski definition) is 1. The number of esters is 2. The molecule has 2 atom stereocenters. The van der Waals surface area contributed by atoms with E-state index in [4.69, 9.17) is 18.9 Å². The molecule has 2 rings (SSSR count). The Balaban J connectivity index is 1.97. The monoisotopic (exact) mass is 458 g/mol. The van der Waals surface area contributed by atoms with E-state index in [1.165, 1.54) is 6.92 Å². The fraction of sp³-hybridized carbons (Fsp3) is 0.800. The Kier molecular flexibility index (Phi) is 9.92. The van der Waals surface area contributed by atoms with Crippen LogP contribution in [0.15, 0.2) is 0 Å². The highest BCUT2D eigenvalue weighted by Crippen LogP contribution is 2.26. The average Bonchev–Trinajstić information content (AvgIpc) is 3.18. The Morgan fingerprint density at radius 2 is 1.94 bits per heavy atom. The average molecular weight is 459 g/mol. The van der Waals surface area contributed by atoms with Crippen LogP contribution in [-0.2, 0) is 23.8 Å². The second-order valence-corrected chi connectivity index (χ2v) is 8.90. The lowest BCUT2D eigenvalue weighted by Gasteiger charge is -2.28. The van der Waals surface area contributed by atoms with Crippen molar-refractivity contribution in [2.45, 2.75) is 65.2 Å². The van der Waals surface area contributed by atoms with Crippen molar-refractivity contribution < 1.29 is 28.5 Å². The molecule has 0 amide bonds. The maximum Gasteiger partial charge on any atom is 0.347 e. The zero-order valence-corrected chi connectivity index (χ0v) is 19.8. The minimum absolute atomic E-state index is 0.0905. The molecule has 1 saturated heterocycles. The molecule has 0 unspecified atom stereocenters. The zero-order valence-electron chi connectivity index (χ0n) is 19.0. The van der Waals surface area contributed by atoms with Gasteiger partial charge in [-0.3, -0.25) is 4.79 Å². The molecule has 176 valence electrons. The van der Waals surface area contributed by atoms with Crippen LogP contribution in [0.2, 0.25) is 0 Å². The van der Waals surface area contributed by atoms with Crippen molar-refractivity contribution >= 4 is 29.5 Å². The van der Waals surface area contributed by atoms with Gasteiger partial charge in [0.1, 0.15) is 12.7 Å². The molecule has 0 aliphatic carbocycles. The van der Waals surface area contributed by atoms with E-state index in [0.29, 0.717) is 51.0 Å². The summed E-state index contributed by atoms with van der Waals surface area (Å²) < 4.78 is 30.6. The van der Waals surface area contributed by atoms with Crippen molar-refractivity contribution in [3.63, 3.8) is 0 Å². The quantitative estimate of drug-likeness (QED) is 0.492. The van der Waals surface area contributed by atoms with Gasteiger partial charge < -0.3 is 29.2 Å². The molecule has 1 N–H and O–H groups in total. The molecule has 1 aliphatic heterocycles. The fourth-order valence-corrected chi connectivity index (χ4v) is 3.25. The Labute approximate surface area is 187 Å². The molecule has 1 aromatic heterocycles. The molecule has 11 heteroatoms. The molecule has 0 bridgehead atoms. The SMILES string of the molecule is CCCC(=O)O[C@H](C)C(=O)O[C@@H](CNC(C)(C)C)COc1nsnc1N1CCOCC1. The van der Waals surface area contributed by atoms with E-state index in [1.54, 1.807) is 0 Å². The largest absolute Gasteiger partial charge is 0.470 e. The van der Waals surface area contributed by atoms with Gasteiger partial charge in [0, 0.05) is 31.6 Å². The van der Waals surface area contributed by atoms with Crippen LogP contribution in [0.5, 0.6) is 5.88 Å². The van der Waals surface area contributed by atoms with Crippen molar-refractivity contribution in [2.24, 2.45) is 0 Å². The van der Waals surface area contributed by atoms with E-state index in [2.05, 4.69) is 19.0 Å². The molecule has 1 aliphatic rings. The van der Waals surface area contributed by atoms with Crippen LogP contribution in [0.4, 0.5) is 5.82 Å². The molecule has 1 aromatic rings. The van der Waals surface area contributed by atoms with Gasteiger partial charge in [-0.2, -0.15) is 4.37 Å². The van der Waals surface area contributed by atoms with E-state index in [-0.39, 0.29) is 18.6 Å². The number of morpholine rings is 1. The van der Waals surface area contributed by atoms with Crippen LogP contribution < -0.4 is 15.0 Å². The molecule has 31 heavy (non-hydrogen) atoms. The van der Waals surface area contributed by atoms with E-state index in [9.17, 15) is 9.59 Å². The Morgan fingerprint density at radius 3 is 2.58 bits per heavy atom. The third-order valence-electron chi connectivity index (χ3n) is 4.40. The Hall–Kier alpha value is -1.98. The van der Waals surface area contributed by atoms with Crippen molar-refractivity contribution in [1.82, 2.24) is 14.1 Å². The number of nitrogens with one attached hydrogen (secondary N) is 1. The minimum Gasteiger partial charge on any atom is -0.470 e. The van der Waals surface area contributed by atoms with E-state index < -0.39 is 24.1 Å². The number of nitrogens with zero attached hydrogens (tertiary/aromatic N) is 3.